The van der Waals surface area contributed by atoms with Crippen LogP contribution in [0.25, 0.3) is 5.82 Å². The van der Waals surface area contributed by atoms with Gasteiger partial charge in [0.25, 0.3) is 0 Å². The van der Waals surface area contributed by atoms with Gasteiger partial charge in [-0.2, -0.15) is 20.7 Å². The van der Waals surface area contributed by atoms with Crippen LogP contribution in [0.1, 0.15) is 5.69 Å². The minimum atomic E-state index is 0.0165. The molecule has 0 amide bonds. The molecule has 0 N–H and O–H groups in total. The molecule has 0 aliphatic rings. The van der Waals surface area contributed by atoms with E-state index in [9.17, 15) is 0 Å². The van der Waals surface area contributed by atoms with Crippen molar-refractivity contribution >= 4 is 11.5 Å². The third-order valence-corrected chi connectivity index (χ3v) is 2.94. The first-order chi connectivity index (χ1) is 10.7. The Morgan fingerprint density at radius 1 is 1.18 bits per heavy atom. The summed E-state index contributed by atoms with van der Waals surface area (Å²) in [5.41, 5.74) is 1.73. The highest BCUT2D eigenvalue weighted by Crippen LogP contribution is 2.19. The van der Waals surface area contributed by atoms with Gasteiger partial charge in [0.15, 0.2) is 5.82 Å². The van der Waals surface area contributed by atoms with Gasteiger partial charge in [-0.3, -0.25) is 0 Å². The van der Waals surface area contributed by atoms with Gasteiger partial charge in [0.1, 0.15) is 17.7 Å². The first kappa shape index (κ1) is 15.0. The van der Waals surface area contributed by atoms with E-state index in [1.54, 1.807) is 12.3 Å². The van der Waals surface area contributed by atoms with Crippen LogP contribution < -0.4 is 4.90 Å². The van der Waals surface area contributed by atoms with Gasteiger partial charge in [-0.05, 0) is 31.2 Å². The summed E-state index contributed by atoms with van der Waals surface area (Å²) >= 11 is 0. The molecule has 22 heavy (non-hydrogen) atoms. The quantitative estimate of drug-likeness (QED) is 0.638. The number of rotatable bonds is 4. The Labute approximate surface area is 128 Å². The summed E-state index contributed by atoms with van der Waals surface area (Å²) in [4.78, 5) is 3.34. The van der Waals surface area contributed by atoms with Gasteiger partial charge in [0.05, 0.1) is 11.9 Å². The summed E-state index contributed by atoms with van der Waals surface area (Å²) in [6, 6.07) is 13.3. The number of nitriles is 2. The predicted molar refractivity (Wildman–Crippen MR) is 83.2 cm³/mol. The lowest BCUT2D eigenvalue weighted by atomic mass is 10.2. The van der Waals surface area contributed by atoms with Crippen molar-refractivity contribution in [2.45, 2.75) is 6.92 Å². The van der Waals surface area contributed by atoms with Gasteiger partial charge in [-0.1, -0.05) is 18.2 Å². The highest BCUT2D eigenvalue weighted by Gasteiger charge is 2.11. The molecule has 0 bridgehead atoms. The fourth-order valence-corrected chi connectivity index (χ4v) is 1.80. The molecule has 6 nitrogen and oxygen atoms in total. The minimum Gasteiger partial charge on any atom is -0.328 e. The van der Waals surface area contributed by atoms with Crippen LogP contribution in [0.15, 0.2) is 54.3 Å². The number of aryl methyl sites for hydroxylation is 1. The molecular formula is C16H14N6. The molecule has 0 fully saturated rings. The van der Waals surface area contributed by atoms with Crippen LogP contribution in [-0.4, -0.2) is 22.0 Å². The molecule has 108 valence electrons. The van der Waals surface area contributed by atoms with Gasteiger partial charge in [-0.25, -0.2) is 0 Å². The maximum atomic E-state index is 8.85. The summed E-state index contributed by atoms with van der Waals surface area (Å²) < 4.78 is 0. The Balaban J connectivity index is 2.47. The van der Waals surface area contributed by atoms with Gasteiger partial charge >= 0.3 is 0 Å². The molecule has 0 aliphatic carbocycles. The Hall–Kier alpha value is -3.38. The van der Waals surface area contributed by atoms with Crippen LogP contribution in [0.3, 0.4) is 0 Å². The zero-order chi connectivity index (χ0) is 15.9. The molecule has 1 heterocycles. The molecule has 2 rings (SSSR count). The van der Waals surface area contributed by atoms with Crippen molar-refractivity contribution in [3.05, 3.63) is 59.9 Å². The van der Waals surface area contributed by atoms with E-state index in [0.717, 1.165) is 11.4 Å². The number of anilines is 1. The molecule has 6 heteroatoms. The van der Waals surface area contributed by atoms with Crippen molar-refractivity contribution in [3.63, 3.8) is 0 Å². The standard InChI is InChI=1S/C16H14N6/c1-13-12-19-22(20-13)16(9-8-14(10-17)11-18)21(2)15-6-4-3-5-7-15/h3-9,12H,1-2H3/b16-9-. The van der Waals surface area contributed by atoms with Crippen LogP contribution in [0.4, 0.5) is 5.69 Å². The van der Waals surface area contributed by atoms with E-state index in [1.807, 2.05) is 61.3 Å². The van der Waals surface area contributed by atoms with Crippen molar-refractivity contribution in [2.24, 2.45) is 0 Å². The maximum Gasteiger partial charge on any atom is 0.155 e. The third-order valence-electron chi connectivity index (χ3n) is 2.94. The van der Waals surface area contributed by atoms with Gasteiger partial charge in [-0.15, -0.1) is 4.80 Å². The van der Waals surface area contributed by atoms with E-state index in [0.29, 0.717) is 5.82 Å². The van der Waals surface area contributed by atoms with E-state index < -0.39 is 0 Å². The first-order valence-electron chi connectivity index (χ1n) is 6.56. The fourth-order valence-electron chi connectivity index (χ4n) is 1.80. The number of allylic oxidation sites excluding steroid dienone is 3. The summed E-state index contributed by atoms with van der Waals surface area (Å²) in [5, 5.41) is 26.2. The van der Waals surface area contributed by atoms with Crippen molar-refractivity contribution in [1.29, 1.82) is 10.5 Å². The number of hydrogen-bond donors (Lipinski definition) is 0. The molecule has 0 spiro atoms. The normalized spacial score (nSPS) is 10.5. The summed E-state index contributed by atoms with van der Waals surface area (Å²) in [6.45, 7) is 1.84. The first-order valence-corrected chi connectivity index (χ1v) is 6.56. The molecule has 1 aromatic carbocycles. The summed E-state index contributed by atoms with van der Waals surface area (Å²) in [5.74, 6) is 0.627. The number of benzene rings is 1. The van der Waals surface area contributed by atoms with Gasteiger partial charge in [0.2, 0.25) is 0 Å². The predicted octanol–water partition coefficient (Wildman–Crippen LogP) is 2.49. The molecule has 0 atom stereocenters. The van der Waals surface area contributed by atoms with E-state index in [2.05, 4.69) is 10.2 Å². The lowest BCUT2D eigenvalue weighted by molar-refractivity contribution is 0.742. The molecule has 0 aliphatic heterocycles. The van der Waals surface area contributed by atoms with E-state index in [-0.39, 0.29) is 5.57 Å². The van der Waals surface area contributed by atoms with Crippen molar-refractivity contribution in [3.8, 4) is 12.1 Å². The lowest BCUT2D eigenvalue weighted by Crippen LogP contribution is -2.21. The fraction of sp³-hybridized carbons (Fsp3) is 0.125. The Morgan fingerprint density at radius 3 is 2.41 bits per heavy atom. The monoisotopic (exact) mass is 290 g/mol. The zero-order valence-corrected chi connectivity index (χ0v) is 12.3. The van der Waals surface area contributed by atoms with Crippen molar-refractivity contribution < 1.29 is 0 Å². The van der Waals surface area contributed by atoms with Crippen LogP contribution in [0.2, 0.25) is 0 Å². The average Bonchev–Trinajstić information content (AvgIpc) is 2.98. The second-order valence-electron chi connectivity index (χ2n) is 4.50. The topological polar surface area (TPSA) is 81.5 Å². The highest BCUT2D eigenvalue weighted by atomic mass is 15.5. The Morgan fingerprint density at radius 2 is 1.86 bits per heavy atom. The van der Waals surface area contributed by atoms with Crippen LogP contribution >= 0.6 is 0 Å². The van der Waals surface area contributed by atoms with Crippen LogP contribution in [0.5, 0.6) is 0 Å². The molecule has 0 radical (unpaired) electrons. The van der Waals surface area contributed by atoms with Crippen LogP contribution in [0, 0.1) is 29.6 Å². The number of para-hydroxylation sites is 1. The zero-order valence-electron chi connectivity index (χ0n) is 12.3. The molecule has 0 saturated heterocycles. The van der Waals surface area contributed by atoms with Crippen molar-refractivity contribution in [1.82, 2.24) is 15.0 Å². The van der Waals surface area contributed by atoms with Gasteiger partial charge < -0.3 is 4.90 Å². The second kappa shape index (κ2) is 6.87. The number of aromatic nitrogens is 3. The Kier molecular flexibility index (Phi) is 4.69. The molecule has 0 saturated carbocycles. The van der Waals surface area contributed by atoms with E-state index in [1.165, 1.54) is 10.9 Å². The maximum absolute atomic E-state index is 8.85. The van der Waals surface area contributed by atoms with E-state index in [4.69, 9.17) is 10.5 Å². The largest absolute Gasteiger partial charge is 0.328 e. The van der Waals surface area contributed by atoms with Crippen LogP contribution in [-0.2, 0) is 0 Å². The molecule has 0 unspecified atom stereocenters. The number of nitrogens with zero attached hydrogens (tertiary/aromatic N) is 6. The van der Waals surface area contributed by atoms with Gasteiger partial charge in [0, 0.05) is 12.7 Å². The van der Waals surface area contributed by atoms with E-state index >= 15 is 0 Å². The molecular weight excluding hydrogens is 276 g/mol. The lowest BCUT2D eigenvalue weighted by Gasteiger charge is -2.21. The second-order valence-corrected chi connectivity index (χ2v) is 4.50. The summed E-state index contributed by atoms with van der Waals surface area (Å²) in [6.07, 6.45) is 4.74. The minimum absolute atomic E-state index is 0.0165. The van der Waals surface area contributed by atoms with Crippen molar-refractivity contribution in [2.75, 3.05) is 11.9 Å². The highest BCUT2D eigenvalue weighted by molar-refractivity contribution is 5.68. The molecule has 2 aromatic rings. The Bertz CT molecular complexity index is 770. The average molecular weight is 290 g/mol. The third kappa shape index (κ3) is 3.38. The molecule has 1 aromatic heterocycles. The SMILES string of the molecule is Cc1cnn(/C(=C\C=C(C#N)C#N)N(C)c2ccccc2)n1. The smallest absolute Gasteiger partial charge is 0.155 e. The summed E-state index contributed by atoms with van der Waals surface area (Å²) in [7, 11) is 1.87. The number of hydrogen-bond acceptors (Lipinski definition) is 5.